The third-order valence-corrected chi connectivity index (χ3v) is 7.39. The molecule has 0 radical (unpaired) electrons. The molecule has 2 aromatic rings. The molecule has 164 valence electrons. The first kappa shape index (κ1) is 20.2. The Kier molecular flexibility index (Phi) is 6.01. The SMILES string of the molecule is O=C(OCc1ccccc1)N1CCC(C2CCN(c3cccc4c3CCN4)CC2)CC1. The maximum Gasteiger partial charge on any atom is 0.410 e. The summed E-state index contributed by atoms with van der Waals surface area (Å²) in [5.41, 5.74) is 5.31. The van der Waals surface area contributed by atoms with Crippen LogP contribution in [0.3, 0.4) is 0 Å². The molecule has 0 bridgehead atoms. The first-order valence-electron chi connectivity index (χ1n) is 11.8. The van der Waals surface area contributed by atoms with Crippen LogP contribution in [0.25, 0.3) is 0 Å². The number of hydrogen-bond donors (Lipinski definition) is 1. The van der Waals surface area contributed by atoms with Crippen molar-refractivity contribution in [1.82, 2.24) is 4.90 Å². The number of amides is 1. The molecule has 0 saturated carbocycles. The van der Waals surface area contributed by atoms with Crippen molar-refractivity contribution in [2.45, 2.75) is 38.7 Å². The number of nitrogens with zero attached hydrogens (tertiary/aromatic N) is 2. The summed E-state index contributed by atoms with van der Waals surface area (Å²) in [6, 6.07) is 16.6. The number of likely N-dealkylation sites (tertiary alicyclic amines) is 1. The highest BCUT2D eigenvalue weighted by Gasteiger charge is 2.32. The zero-order chi connectivity index (χ0) is 21.0. The molecule has 5 rings (SSSR count). The minimum atomic E-state index is -0.163. The van der Waals surface area contributed by atoms with Crippen LogP contribution in [0.1, 0.15) is 36.8 Å². The molecule has 0 aliphatic carbocycles. The zero-order valence-corrected chi connectivity index (χ0v) is 18.3. The Labute approximate surface area is 185 Å². The van der Waals surface area contributed by atoms with Gasteiger partial charge in [0.05, 0.1) is 0 Å². The summed E-state index contributed by atoms with van der Waals surface area (Å²) >= 11 is 0. The average molecular weight is 420 g/mol. The van der Waals surface area contributed by atoms with E-state index in [1.54, 1.807) is 0 Å². The number of hydrogen-bond acceptors (Lipinski definition) is 4. The lowest BCUT2D eigenvalue weighted by molar-refractivity contribution is 0.0732. The van der Waals surface area contributed by atoms with Crippen LogP contribution in [0.15, 0.2) is 48.5 Å². The van der Waals surface area contributed by atoms with Crippen LogP contribution < -0.4 is 10.2 Å². The molecule has 1 amide bonds. The molecule has 0 atom stereocenters. The molecule has 5 heteroatoms. The average Bonchev–Trinajstić information content (AvgIpc) is 3.33. The lowest BCUT2D eigenvalue weighted by Gasteiger charge is -2.41. The number of fused-ring (bicyclic) bond motifs is 1. The van der Waals surface area contributed by atoms with Crippen molar-refractivity contribution in [3.05, 3.63) is 59.7 Å². The van der Waals surface area contributed by atoms with E-state index < -0.39 is 0 Å². The van der Waals surface area contributed by atoms with Crippen LogP contribution in [0.2, 0.25) is 0 Å². The first-order valence-corrected chi connectivity index (χ1v) is 11.8. The van der Waals surface area contributed by atoms with Crippen molar-refractivity contribution >= 4 is 17.5 Å². The minimum Gasteiger partial charge on any atom is -0.445 e. The zero-order valence-electron chi connectivity index (χ0n) is 18.3. The molecule has 1 N–H and O–H groups in total. The number of rotatable bonds is 4. The highest BCUT2D eigenvalue weighted by molar-refractivity contribution is 5.69. The Bertz CT molecular complexity index is 885. The monoisotopic (exact) mass is 419 g/mol. The van der Waals surface area contributed by atoms with Gasteiger partial charge in [-0.3, -0.25) is 0 Å². The van der Waals surface area contributed by atoms with Crippen LogP contribution >= 0.6 is 0 Å². The van der Waals surface area contributed by atoms with E-state index in [2.05, 4.69) is 28.4 Å². The number of nitrogens with one attached hydrogen (secondary N) is 1. The topological polar surface area (TPSA) is 44.8 Å². The van der Waals surface area contributed by atoms with Crippen LogP contribution in [0, 0.1) is 11.8 Å². The van der Waals surface area contributed by atoms with Crippen molar-refractivity contribution in [2.75, 3.05) is 42.9 Å². The smallest absolute Gasteiger partial charge is 0.410 e. The van der Waals surface area contributed by atoms with Crippen molar-refractivity contribution in [1.29, 1.82) is 0 Å². The van der Waals surface area contributed by atoms with Gasteiger partial charge in [0.1, 0.15) is 6.61 Å². The maximum atomic E-state index is 12.4. The van der Waals surface area contributed by atoms with Gasteiger partial charge in [-0.15, -0.1) is 0 Å². The van der Waals surface area contributed by atoms with E-state index in [-0.39, 0.29) is 6.09 Å². The lowest BCUT2D eigenvalue weighted by atomic mass is 9.78. The minimum absolute atomic E-state index is 0.163. The molecule has 2 fully saturated rings. The number of piperidine rings is 2. The van der Waals surface area contributed by atoms with E-state index >= 15 is 0 Å². The molecule has 3 aliphatic rings. The van der Waals surface area contributed by atoms with Gasteiger partial charge in [-0.25, -0.2) is 4.79 Å². The number of anilines is 2. The van der Waals surface area contributed by atoms with E-state index in [9.17, 15) is 4.79 Å². The molecule has 31 heavy (non-hydrogen) atoms. The molecule has 2 saturated heterocycles. The summed E-state index contributed by atoms with van der Waals surface area (Å²) in [5.74, 6) is 1.53. The molecular formula is C26H33N3O2. The second-order valence-electron chi connectivity index (χ2n) is 9.17. The van der Waals surface area contributed by atoms with Crippen LogP contribution in [0.4, 0.5) is 16.2 Å². The standard InChI is InChI=1S/C26H33N3O2/c30-26(31-19-20-5-2-1-3-6-20)29-17-12-22(13-18-29)21-10-15-28(16-11-21)25-8-4-7-24-23(25)9-14-27-24/h1-8,21-22,27H,9-19H2. The molecule has 3 aliphatic heterocycles. The highest BCUT2D eigenvalue weighted by Crippen LogP contribution is 2.37. The largest absolute Gasteiger partial charge is 0.445 e. The van der Waals surface area contributed by atoms with Crippen molar-refractivity contribution in [2.24, 2.45) is 11.8 Å². The van der Waals surface area contributed by atoms with Gasteiger partial charge in [0.15, 0.2) is 0 Å². The van der Waals surface area contributed by atoms with Gasteiger partial charge < -0.3 is 19.9 Å². The van der Waals surface area contributed by atoms with E-state index in [1.807, 2.05) is 35.2 Å². The predicted molar refractivity (Wildman–Crippen MR) is 124 cm³/mol. The van der Waals surface area contributed by atoms with Crippen LogP contribution in [0.5, 0.6) is 0 Å². The number of benzene rings is 2. The van der Waals surface area contributed by atoms with Gasteiger partial charge in [0, 0.05) is 49.7 Å². The third kappa shape index (κ3) is 4.51. The van der Waals surface area contributed by atoms with Gasteiger partial charge >= 0.3 is 6.09 Å². The number of carbonyl (C=O) groups excluding carboxylic acids is 1. The van der Waals surface area contributed by atoms with Crippen molar-refractivity contribution in [3.63, 3.8) is 0 Å². The second kappa shape index (κ2) is 9.21. The molecular weight excluding hydrogens is 386 g/mol. The number of ether oxygens (including phenoxy) is 1. The fourth-order valence-electron chi connectivity index (χ4n) is 5.60. The summed E-state index contributed by atoms with van der Waals surface area (Å²) < 4.78 is 5.52. The van der Waals surface area contributed by atoms with Crippen LogP contribution in [-0.4, -0.2) is 43.7 Å². The lowest BCUT2D eigenvalue weighted by Crippen LogP contribution is -2.43. The van der Waals surface area contributed by atoms with E-state index in [1.165, 1.54) is 29.8 Å². The molecule has 0 spiro atoms. The first-order chi connectivity index (χ1) is 15.3. The highest BCUT2D eigenvalue weighted by atomic mass is 16.6. The van der Waals surface area contributed by atoms with Gasteiger partial charge in [0.2, 0.25) is 0 Å². The molecule has 3 heterocycles. The van der Waals surface area contributed by atoms with Gasteiger partial charge in [-0.2, -0.15) is 0 Å². The second-order valence-corrected chi connectivity index (χ2v) is 9.17. The third-order valence-electron chi connectivity index (χ3n) is 7.39. The van der Waals surface area contributed by atoms with E-state index in [4.69, 9.17) is 4.74 Å². The van der Waals surface area contributed by atoms with Gasteiger partial charge in [-0.1, -0.05) is 36.4 Å². The maximum absolute atomic E-state index is 12.4. The van der Waals surface area contributed by atoms with Crippen LogP contribution in [-0.2, 0) is 17.8 Å². The predicted octanol–water partition coefficient (Wildman–Crippen LogP) is 4.92. The molecule has 5 nitrogen and oxygen atoms in total. The Morgan fingerprint density at radius 2 is 1.61 bits per heavy atom. The summed E-state index contributed by atoms with van der Waals surface area (Å²) in [6.45, 7) is 5.39. The molecule has 2 aromatic carbocycles. The summed E-state index contributed by atoms with van der Waals surface area (Å²) in [4.78, 5) is 16.9. The van der Waals surface area contributed by atoms with E-state index in [0.717, 1.165) is 69.4 Å². The number of carbonyl (C=O) groups is 1. The van der Waals surface area contributed by atoms with E-state index in [0.29, 0.717) is 6.61 Å². The molecule has 0 aromatic heterocycles. The Morgan fingerprint density at radius 3 is 2.35 bits per heavy atom. The Morgan fingerprint density at radius 1 is 0.903 bits per heavy atom. The van der Waals surface area contributed by atoms with Crippen molar-refractivity contribution in [3.8, 4) is 0 Å². The Hall–Kier alpha value is -2.69. The normalized spacial score (nSPS) is 19.7. The summed E-state index contributed by atoms with van der Waals surface area (Å²) in [7, 11) is 0. The summed E-state index contributed by atoms with van der Waals surface area (Å²) in [6.07, 6.45) is 5.72. The summed E-state index contributed by atoms with van der Waals surface area (Å²) in [5, 5.41) is 3.50. The molecule has 0 unspecified atom stereocenters. The quantitative estimate of drug-likeness (QED) is 0.764. The fourth-order valence-corrected chi connectivity index (χ4v) is 5.60. The van der Waals surface area contributed by atoms with Gasteiger partial charge in [0.25, 0.3) is 0 Å². The Balaban J connectivity index is 1.08. The van der Waals surface area contributed by atoms with Gasteiger partial charge in [-0.05, 0) is 61.6 Å². The van der Waals surface area contributed by atoms with Crippen molar-refractivity contribution < 1.29 is 9.53 Å². The fraction of sp³-hybridized carbons (Fsp3) is 0.500.